The van der Waals surface area contributed by atoms with Crippen LogP contribution in [0.3, 0.4) is 0 Å². The molecule has 0 amide bonds. The van der Waals surface area contributed by atoms with Gasteiger partial charge in [-0.05, 0) is 25.0 Å². The van der Waals surface area contributed by atoms with E-state index in [-0.39, 0.29) is 4.90 Å². The maximum absolute atomic E-state index is 11.5. The molecular weight excluding hydrogens is 236 g/mol. The average molecular weight is 247 g/mol. The standard InChI is InChI=1S/C10H11ClO3S/c1-15(13,14)8-4-2-3-7(11)9(8)10(12)5-6-10/h2-4,12H,5-6H2,1H3. The SMILES string of the molecule is CS(=O)(=O)c1cccc(Cl)c1C1(O)CC1. The molecule has 1 aliphatic rings. The third-order valence-corrected chi connectivity index (χ3v) is 4.02. The van der Waals surface area contributed by atoms with Crippen molar-refractivity contribution in [1.29, 1.82) is 0 Å². The zero-order valence-corrected chi connectivity index (χ0v) is 9.77. The number of halogens is 1. The van der Waals surface area contributed by atoms with Crippen LogP contribution in [0.15, 0.2) is 23.1 Å². The van der Waals surface area contributed by atoms with Gasteiger partial charge in [0.05, 0.1) is 10.5 Å². The van der Waals surface area contributed by atoms with Crippen LogP contribution in [0, 0.1) is 0 Å². The molecule has 2 rings (SSSR count). The highest BCUT2D eigenvalue weighted by molar-refractivity contribution is 7.90. The molecule has 1 aliphatic carbocycles. The summed E-state index contributed by atoms with van der Waals surface area (Å²) in [6.45, 7) is 0. The van der Waals surface area contributed by atoms with Gasteiger partial charge in [-0.3, -0.25) is 0 Å². The van der Waals surface area contributed by atoms with Crippen LogP contribution in [0.25, 0.3) is 0 Å². The topological polar surface area (TPSA) is 54.4 Å². The highest BCUT2D eigenvalue weighted by atomic mass is 35.5. The van der Waals surface area contributed by atoms with Crippen LogP contribution < -0.4 is 0 Å². The second-order valence-electron chi connectivity index (χ2n) is 3.92. The van der Waals surface area contributed by atoms with E-state index in [2.05, 4.69) is 0 Å². The average Bonchev–Trinajstić information content (AvgIpc) is 2.82. The van der Waals surface area contributed by atoms with Gasteiger partial charge in [-0.15, -0.1) is 0 Å². The Morgan fingerprint density at radius 1 is 1.40 bits per heavy atom. The molecule has 1 fully saturated rings. The second-order valence-corrected chi connectivity index (χ2v) is 6.31. The lowest BCUT2D eigenvalue weighted by molar-refractivity contribution is 0.148. The Bertz CT molecular complexity index is 503. The van der Waals surface area contributed by atoms with E-state index < -0.39 is 15.4 Å². The second kappa shape index (κ2) is 3.20. The summed E-state index contributed by atoms with van der Waals surface area (Å²) in [6, 6.07) is 4.66. The third-order valence-electron chi connectivity index (χ3n) is 2.56. The van der Waals surface area contributed by atoms with Gasteiger partial charge in [-0.1, -0.05) is 17.7 Å². The molecule has 0 spiro atoms. The molecule has 5 heteroatoms. The molecule has 1 aromatic carbocycles. The summed E-state index contributed by atoms with van der Waals surface area (Å²) in [5.41, 5.74) is -0.675. The molecule has 15 heavy (non-hydrogen) atoms. The van der Waals surface area contributed by atoms with E-state index >= 15 is 0 Å². The summed E-state index contributed by atoms with van der Waals surface area (Å²) >= 11 is 5.94. The normalized spacial score (nSPS) is 18.9. The van der Waals surface area contributed by atoms with Crippen molar-refractivity contribution >= 4 is 21.4 Å². The van der Waals surface area contributed by atoms with Gasteiger partial charge in [0.2, 0.25) is 0 Å². The fourth-order valence-electron chi connectivity index (χ4n) is 1.63. The highest BCUT2D eigenvalue weighted by Crippen LogP contribution is 2.50. The van der Waals surface area contributed by atoms with Crippen LogP contribution in [0.5, 0.6) is 0 Å². The lowest BCUT2D eigenvalue weighted by Crippen LogP contribution is -2.12. The quantitative estimate of drug-likeness (QED) is 0.865. The molecule has 3 nitrogen and oxygen atoms in total. The van der Waals surface area contributed by atoms with Gasteiger partial charge in [-0.2, -0.15) is 0 Å². The van der Waals surface area contributed by atoms with Gasteiger partial charge < -0.3 is 5.11 Å². The van der Waals surface area contributed by atoms with Crippen LogP contribution in [-0.4, -0.2) is 19.8 Å². The molecule has 0 unspecified atom stereocenters. The molecule has 0 saturated heterocycles. The molecule has 0 bridgehead atoms. The van der Waals surface area contributed by atoms with Crippen molar-refractivity contribution in [3.63, 3.8) is 0 Å². The molecule has 82 valence electrons. The van der Waals surface area contributed by atoms with Crippen LogP contribution in [-0.2, 0) is 15.4 Å². The largest absolute Gasteiger partial charge is 0.385 e. The number of benzene rings is 1. The molecule has 0 aliphatic heterocycles. The van der Waals surface area contributed by atoms with E-state index in [4.69, 9.17) is 11.6 Å². The van der Waals surface area contributed by atoms with E-state index in [1.165, 1.54) is 6.07 Å². The van der Waals surface area contributed by atoms with Crippen molar-refractivity contribution in [2.24, 2.45) is 0 Å². The summed E-state index contributed by atoms with van der Waals surface area (Å²) in [6.07, 6.45) is 2.26. The first-order valence-corrected chi connectivity index (χ1v) is 6.83. The lowest BCUT2D eigenvalue weighted by atomic mass is 10.1. The van der Waals surface area contributed by atoms with Crippen molar-refractivity contribution in [2.45, 2.75) is 23.3 Å². The summed E-state index contributed by atoms with van der Waals surface area (Å²) in [5.74, 6) is 0. The van der Waals surface area contributed by atoms with Crippen LogP contribution >= 0.6 is 11.6 Å². The van der Waals surface area contributed by atoms with E-state index in [0.29, 0.717) is 23.4 Å². The number of aliphatic hydroxyl groups is 1. The van der Waals surface area contributed by atoms with Gasteiger partial charge in [-0.25, -0.2) is 8.42 Å². The number of hydrogen-bond donors (Lipinski definition) is 1. The maximum atomic E-state index is 11.5. The van der Waals surface area contributed by atoms with Gasteiger partial charge in [0.25, 0.3) is 0 Å². The van der Waals surface area contributed by atoms with Crippen LogP contribution in [0.4, 0.5) is 0 Å². The highest BCUT2D eigenvalue weighted by Gasteiger charge is 2.46. The van der Waals surface area contributed by atoms with Gasteiger partial charge in [0.15, 0.2) is 9.84 Å². The third kappa shape index (κ3) is 1.89. The van der Waals surface area contributed by atoms with Gasteiger partial charge in [0.1, 0.15) is 0 Å². The zero-order valence-electron chi connectivity index (χ0n) is 8.20. The van der Waals surface area contributed by atoms with E-state index in [0.717, 1.165) is 6.26 Å². The Hall–Kier alpha value is -0.580. The Morgan fingerprint density at radius 2 is 2.00 bits per heavy atom. The molecule has 0 heterocycles. The fourth-order valence-corrected chi connectivity index (χ4v) is 3.04. The van der Waals surface area contributed by atoms with Gasteiger partial charge in [0, 0.05) is 16.8 Å². The predicted octanol–water partition coefficient (Wildman–Crippen LogP) is 1.72. The summed E-state index contributed by atoms with van der Waals surface area (Å²) in [4.78, 5) is 0.134. The molecule has 0 aromatic heterocycles. The Kier molecular flexibility index (Phi) is 2.33. The molecule has 1 saturated carbocycles. The minimum atomic E-state index is -3.34. The molecule has 1 aromatic rings. The fraction of sp³-hybridized carbons (Fsp3) is 0.400. The summed E-state index contributed by atoms with van der Waals surface area (Å²) in [7, 11) is -3.34. The first-order chi connectivity index (χ1) is 6.84. The first kappa shape index (κ1) is 10.9. The Labute approximate surface area is 93.6 Å². The van der Waals surface area contributed by atoms with Gasteiger partial charge >= 0.3 is 0 Å². The molecular formula is C10H11ClO3S. The molecule has 0 radical (unpaired) electrons. The minimum Gasteiger partial charge on any atom is -0.385 e. The zero-order chi connectivity index (χ0) is 11.3. The van der Waals surface area contributed by atoms with Crippen molar-refractivity contribution in [1.82, 2.24) is 0 Å². The van der Waals surface area contributed by atoms with Crippen LogP contribution in [0.2, 0.25) is 5.02 Å². The van der Waals surface area contributed by atoms with Crippen molar-refractivity contribution in [3.8, 4) is 0 Å². The summed E-state index contributed by atoms with van der Waals surface area (Å²) < 4.78 is 23.0. The monoisotopic (exact) mass is 246 g/mol. The van der Waals surface area contributed by atoms with E-state index in [1.54, 1.807) is 12.1 Å². The number of rotatable bonds is 2. The molecule has 0 atom stereocenters. The Morgan fingerprint density at radius 3 is 2.47 bits per heavy atom. The lowest BCUT2D eigenvalue weighted by Gasteiger charge is -2.14. The van der Waals surface area contributed by atoms with Crippen molar-refractivity contribution in [3.05, 3.63) is 28.8 Å². The first-order valence-electron chi connectivity index (χ1n) is 4.56. The van der Waals surface area contributed by atoms with E-state index in [1.807, 2.05) is 0 Å². The number of hydrogen-bond acceptors (Lipinski definition) is 3. The molecule has 1 N–H and O–H groups in total. The van der Waals surface area contributed by atoms with E-state index in [9.17, 15) is 13.5 Å². The predicted molar refractivity (Wildman–Crippen MR) is 57.7 cm³/mol. The van der Waals surface area contributed by atoms with Crippen molar-refractivity contribution < 1.29 is 13.5 Å². The smallest absolute Gasteiger partial charge is 0.175 e. The number of sulfone groups is 1. The van der Waals surface area contributed by atoms with Crippen LogP contribution in [0.1, 0.15) is 18.4 Å². The Balaban J connectivity index is 2.71. The summed E-state index contributed by atoms with van der Waals surface area (Å²) in [5, 5.41) is 10.3. The van der Waals surface area contributed by atoms with Crippen molar-refractivity contribution in [2.75, 3.05) is 6.26 Å². The maximum Gasteiger partial charge on any atom is 0.175 e. The minimum absolute atomic E-state index is 0.134.